The van der Waals surface area contributed by atoms with Gasteiger partial charge in [0.05, 0.1) is 26.7 Å². The van der Waals surface area contributed by atoms with Crippen molar-refractivity contribution in [3.05, 3.63) is 12.7 Å². The van der Waals surface area contributed by atoms with Crippen LogP contribution in [0, 0.1) is 0 Å². The maximum absolute atomic E-state index is 14.5. The molecule has 1 fully saturated rings. The maximum atomic E-state index is 14.5. The van der Waals surface area contributed by atoms with E-state index in [4.69, 9.17) is 23.3 Å². The van der Waals surface area contributed by atoms with Crippen LogP contribution in [0.1, 0.15) is 40.3 Å². The van der Waals surface area contributed by atoms with Gasteiger partial charge in [-0.25, -0.2) is 14.4 Å². The number of hydrogen-bond acceptors (Lipinski definition) is 8. The van der Waals surface area contributed by atoms with Gasteiger partial charge in [0, 0.05) is 6.42 Å². The first-order valence-electron chi connectivity index (χ1n) is 9.33. The number of imidazole rings is 1. The molecule has 158 valence electrons. The molecule has 9 nitrogen and oxygen atoms in total. The Morgan fingerprint density at radius 2 is 1.93 bits per heavy atom. The Morgan fingerprint density at radius 3 is 2.57 bits per heavy atom. The van der Waals surface area contributed by atoms with Gasteiger partial charge < -0.3 is 23.3 Å². The predicted molar refractivity (Wildman–Crippen MR) is 103 cm³/mol. The van der Waals surface area contributed by atoms with Gasteiger partial charge in [-0.15, -0.1) is 0 Å². The number of aromatic nitrogens is 4. The SMILES string of the molecule is CC.CCOP(COC1C[C@H](F)C(n2cnc3c(OC)ncnc32)O1)OCC. The molecule has 0 amide bonds. The minimum absolute atomic E-state index is 0.105. The third-order valence-electron chi connectivity index (χ3n) is 3.72. The molecule has 3 atom stereocenters. The largest absolute Gasteiger partial charge is 0.479 e. The van der Waals surface area contributed by atoms with Crippen molar-refractivity contribution in [3.63, 3.8) is 0 Å². The van der Waals surface area contributed by atoms with Crippen LogP contribution >= 0.6 is 8.38 Å². The van der Waals surface area contributed by atoms with E-state index in [-0.39, 0.29) is 12.8 Å². The van der Waals surface area contributed by atoms with Gasteiger partial charge in [0.25, 0.3) is 0 Å². The fourth-order valence-corrected chi connectivity index (χ4v) is 3.74. The highest BCUT2D eigenvalue weighted by atomic mass is 31.2. The van der Waals surface area contributed by atoms with Gasteiger partial charge in [-0.3, -0.25) is 4.57 Å². The van der Waals surface area contributed by atoms with E-state index in [2.05, 4.69) is 15.0 Å². The summed E-state index contributed by atoms with van der Waals surface area (Å²) in [6.07, 6.45) is 0.304. The van der Waals surface area contributed by atoms with Gasteiger partial charge in [0.15, 0.2) is 38.2 Å². The summed E-state index contributed by atoms with van der Waals surface area (Å²) in [6, 6.07) is 0. The second kappa shape index (κ2) is 11.5. The molecule has 28 heavy (non-hydrogen) atoms. The van der Waals surface area contributed by atoms with E-state index in [1.807, 2.05) is 27.7 Å². The molecule has 2 aromatic heterocycles. The van der Waals surface area contributed by atoms with Crippen LogP contribution < -0.4 is 4.74 Å². The van der Waals surface area contributed by atoms with E-state index in [0.717, 1.165) is 0 Å². The highest BCUT2D eigenvalue weighted by Crippen LogP contribution is 2.40. The first-order valence-corrected chi connectivity index (χ1v) is 10.7. The van der Waals surface area contributed by atoms with Crippen molar-refractivity contribution < 1.29 is 27.6 Å². The number of halogens is 1. The van der Waals surface area contributed by atoms with Crippen molar-refractivity contribution >= 4 is 19.5 Å². The molecule has 1 saturated heterocycles. The molecule has 3 rings (SSSR count). The van der Waals surface area contributed by atoms with Gasteiger partial charge in [-0.1, -0.05) is 13.8 Å². The summed E-state index contributed by atoms with van der Waals surface area (Å²) >= 11 is 0. The summed E-state index contributed by atoms with van der Waals surface area (Å²) in [7, 11) is 0.323. The van der Waals surface area contributed by atoms with Crippen molar-refractivity contribution in [2.45, 2.75) is 52.8 Å². The molecule has 2 unspecified atom stereocenters. The lowest BCUT2D eigenvalue weighted by atomic mass is 10.3. The van der Waals surface area contributed by atoms with E-state index in [9.17, 15) is 4.39 Å². The summed E-state index contributed by atoms with van der Waals surface area (Å²) < 4.78 is 43.6. The Kier molecular flexibility index (Phi) is 9.40. The van der Waals surface area contributed by atoms with E-state index < -0.39 is 27.1 Å². The number of alkyl halides is 1. The second-order valence-electron chi connectivity index (χ2n) is 5.38. The molecule has 0 spiro atoms. The predicted octanol–water partition coefficient (Wildman–Crippen LogP) is 3.80. The number of fused-ring (bicyclic) bond motifs is 1. The smallest absolute Gasteiger partial charge is 0.245 e. The number of nitrogens with zero attached hydrogens (tertiary/aromatic N) is 4. The van der Waals surface area contributed by atoms with Crippen molar-refractivity contribution in [1.29, 1.82) is 0 Å². The first kappa shape index (κ1) is 22.8. The summed E-state index contributed by atoms with van der Waals surface area (Å²) in [5.41, 5.74) is 0.891. The van der Waals surface area contributed by atoms with Crippen LogP contribution in [-0.2, 0) is 18.5 Å². The molecule has 3 heterocycles. The van der Waals surface area contributed by atoms with Gasteiger partial charge in [0.2, 0.25) is 5.88 Å². The molecule has 0 N–H and O–H groups in total. The van der Waals surface area contributed by atoms with Gasteiger partial charge in [-0.2, -0.15) is 4.98 Å². The molecular formula is C17H28FN4O5P. The molecule has 0 radical (unpaired) electrons. The Hall–Kier alpha value is -1.45. The number of methoxy groups -OCH3 is 1. The van der Waals surface area contributed by atoms with Crippen LogP contribution in [0.3, 0.4) is 0 Å². The van der Waals surface area contributed by atoms with E-state index in [1.165, 1.54) is 24.3 Å². The number of rotatable bonds is 9. The zero-order valence-corrected chi connectivity index (χ0v) is 17.8. The lowest BCUT2D eigenvalue weighted by molar-refractivity contribution is -0.142. The molecule has 0 aliphatic carbocycles. The summed E-state index contributed by atoms with van der Waals surface area (Å²) in [5, 5.41) is 0. The van der Waals surface area contributed by atoms with Crippen molar-refractivity contribution in [2.24, 2.45) is 0 Å². The monoisotopic (exact) mass is 418 g/mol. The molecule has 0 saturated carbocycles. The third kappa shape index (κ3) is 5.33. The van der Waals surface area contributed by atoms with Crippen LogP contribution in [0.5, 0.6) is 5.88 Å². The highest BCUT2D eigenvalue weighted by molar-refractivity contribution is 7.47. The lowest BCUT2D eigenvalue weighted by Crippen LogP contribution is -2.17. The zero-order valence-electron chi connectivity index (χ0n) is 16.9. The average molecular weight is 418 g/mol. The Labute approximate surface area is 165 Å². The average Bonchev–Trinajstić information content (AvgIpc) is 3.30. The zero-order chi connectivity index (χ0) is 20.5. The van der Waals surface area contributed by atoms with Crippen LogP contribution in [0.15, 0.2) is 12.7 Å². The topological polar surface area (TPSA) is 89.8 Å². The molecule has 1 aliphatic heterocycles. The summed E-state index contributed by atoms with van der Waals surface area (Å²) in [4.78, 5) is 12.4. The molecule has 0 bridgehead atoms. The van der Waals surface area contributed by atoms with Crippen molar-refractivity contribution in [1.82, 2.24) is 19.5 Å². The first-order chi connectivity index (χ1) is 13.7. The van der Waals surface area contributed by atoms with Gasteiger partial charge >= 0.3 is 0 Å². The van der Waals surface area contributed by atoms with Crippen LogP contribution in [0.4, 0.5) is 4.39 Å². The second-order valence-corrected chi connectivity index (χ2v) is 6.82. The molecule has 0 aromatic carbocycles. The maximum Gasteiger partial charge on any atom is 0.245 e. The Morgan fingerprint density at radius 1 is 1.21 bits per heavy atom. The van der Waals surface area contributed by atoms with E-state index in [0.29, 0.717) is 30.3 Å². The molecule has 1 aliphatic rings. The van der Waals surface area contributed by atoms with Gasteiger partial charge in [-0.05, 0) is 13.8 Å². The molecule has 11 heteroatoms. The summed E-state index contributed by atoms with van der Waals surface area (Å²) in [5.74, 6) is 0.328. The van der Waals surface area contributed by atoms with Crippen molar-refractivity contribution in [3.8, 4) is 5.88 Å². The van der Waals surface area contributed by atoms with Crippen LogP contribution in [0.25, 0.3) is 11.2 Å². The number of hydrogen-bond donors (Lipinski definition) is 0. The Balaban J connectivity index is 0.00000136. The van der Waals surface area contributed by atoms with E-state index >= 15 is 0 Å². The highest BCUT2D eigenvalue weighted by Gasteiger charge is 2.39. The molecule has 2 aromatic rings. The van der Waals surface area contributed by atoms with Crippen LogP contribution in [-0.4, -0.2) is 58.7 Å². The van der Waals surface area contributed by atoms with Crippen molar-refractivity contribution in [2.75, 3.05) is 26.7 Å². The van der Waals surface area contributed by atoms with E-state index in [1.54, 1.807) is 0 Å². The minimum Gasteiger partial charge on any atom is -0.479 e. The normalized spacial score (nSPS) is 21.8. The van der Waals surface area contributed by atoms with Crippen LogP contribution in [0.2, 0.25) is 0 Å². The summed E-state index contributed by atoms with van der Waals surface area (Å²) in [6.45, 7) is 8.82. The third-order valence-corrected chi connectivity index (χ3v) is 5.18. The fourth-order valence-electron chi connectivity index (χ4n) is 2.65. The Bertz CT molecular complexity index is 716. The lowest BCUT2D eigenvalue weighted by Gasteiger charge is -2.19. The standard InChI is InChI=1S/C15H22FN4O5P.C2H6/c1-4-23-26(24-5-2)9-22-11-6-10(16)15(25-11)20-8-19-12-13(20)17-7-18-14(12)21-3;1-2/h7-8,10-11,15H,4-6,9H2,1-3H3;1-2H3/t10-,11?,15?;/m0./s1. The minimum atomic E-state index is -1.26. The molecular weight excluding hydrogens is 390 g/mol. The fraction of sp³-hybridized carbons (Fsp3) is 0.706. The number of ether oxygens (including phenoxy) is 3. The van der Waals surface area contributed by atoms with Gasteiger partial charge in [0.1, 0.15) is 12.7 Å². The quantitative estimate of drug-likeness (QED) is 0.568.